The van der Waals surface area contributed by atoms with E-state index < -0.39 is 23.4 Å². The first kappa shape index (κ1) is 92.8. The number of ether oxygens (including phenoxy) is 9. The Hall–Kier alpha value is -12.1. The Balaban J connectivity index is 0.000000184. The maximum Gasteiger partial charge on any atom is 0.258 e. The molecule has 12 rings (SSSR count). The summed E-state index contributed by atoms with van der Waals surface area (Å²) in [5.41, 5.74) is 5.01. The number of Topliss-reactive ketones (excluding diaryl/α,β-unsaturated/α-hetero) is 4. The highest BCUT2D eigenvalue weighted by Crippen LogP contribution is 2.37. The topological polar surface area (TPSA) is 290 Å². The minimum Gasteiger partial charge on any atom is -0.497 e. The van der Waals surface area contributed by atoms with Gasteiger partial charge in [0.05, 0.1) is 122 Å². The van der Waals surface area contributed by atoms with Crippen LogP contribution in [-0.2, 0) is 20.6 Å². The minimum atomic E-state index is -0.645. The van der Waals surface area contributed by atoms with Gasteiger partial charge >= 0.3 is 0 Å². The number of ketones is 4. The molecule has 0 aliphatic carbocycles. The van der Waals surface area contributed by atoms with Crippen molar-refractivity contribution in [2.75, 3.05) is 162 Å². The number of carbonyl (C=O) groups is 8. The van der Waals surface area contributed by atoms with Crippen molar-refractivity contribution >= 4 is 69.5 Å². The zero-order valence-corrected chi connectivity index (χ0v) is 69.6. The molecule has 9 aromatic rings. The maximum atomic E-state index is 14.0. The van der Waals surface area contributed by atoms with Crippen molar-refractivity contribution in [2.24, 2.45) is 0 Å². The molecule has 25 nitrogen and oxygen atoms in total. The fourth-order valence-corrected chi connectivity index (χ4v) is 13.6. The van der Waals surface area contributed by atoms with Crippen molar-refractivity contribution in [3.63, 3.8) is 0 Å². The summed E-state index contributed by atoms with van der Waals surface area (Å²) in [7, 11) is 9.01. The van der Waals surface area contributed by atoms with Gasteiger partial charge in [-0.1, -0.05) is 72.8 Å². The van der Waals surface area contributed by atoms with Crippen LogP contribution in [-0.4, -0.2) is 208 Å². The van der Waals surface area contributed by atoms with Gasteiger partial charge in [0, 0.05) is 117 Å². The van der Waals surface area contributed by atoms with E-state index in [1.165, 1.54) is 89.8 Å². The molecule has 0 unspecified atom stereocenters. The lowest BCUT2D eigenvalue weighted by Gasteiger charge is -2.26. The van der Waals surface area contributed by atoms with Gasteiger partial charge in [-0.25, -0.2) is 8.78 Å². The van der Waals surface area contributed by atoms with Crippen molar-refractivity contribution in [3.8, 4) is 34.5 Å². The predicted octanol–water partition coefficient (Wildman–Crippen LogP) is 15.7. The highest BCUT2D eigenvalue weighted by Gasteiger charge is 2.26. The Kier molecular flexibility index (Phi) is 38.4. The quantitative estimate of drug-likeness (QED) is 0.0208. The first-order valence-electron chi connectivity index (χ1n) is 40.6. The summed E-state index contributed by atoms with van der Waals surface area (Å²) >= 11 is 0. The molecule has 0 spiro atoms. The molecule has 4 heterocycles. The maximum absolute atomic E-state index is 14.0. The first-order valence-corrected chi connectivity index (χ1v) is 40.6. The molecule has 121 heavy (non-hydrogen) atoms. The Morgan fingerprint density at radius 3 is 1.24 bits per heavy atom. The van der Waals surface area contributed by atoms with E-state index in [-0.39, 0.29) is 57.4 Å². The number of hydrogen-bond acceptors (Lipinski definition) is 21. The standard InChI is InChI=1S/C26H26FNO4.C23H29N3O5.C23H28N2O4.C22H25FN2O4/c1-31-24-16-20(23(29)15-9-6-12-18-10-4-3-5-11-18)22(17-25(24)32-2)28-26(30)19-13-7-8-14-21(19)27;1-29-21-14-18(20(27)7-3-4-9-26-10-12-31-13-11-26)19(15-22(21)30-2)25-23(28)17-6-5-8-24-16-17;1-28-19-11-9-18(10-12-19)23(27)24-21-7-3-2-6-20(21)22(26)8-4-5-13-25-14-16-29-17-15-25;1-28-20-10-4-7-17(19(26)9-5-11-25-12-14-29-15-13-25)21(20)24-22(27)16-6-2-3-8-18(16)23/h3-5,7-8,10-11,13-14,16-17H,6,9,12,15H2,1-2H3,(H,28,30);5-6,8,14-16H,3-4,7,9-13H2,1-2H3,(H,25,28);2-3,6-7,9-12H,4-5,8,13-17H2,1H3,(H,24,27);2-4,6-8,10H,5,9,11-15H2,1H3,(H,24,27). The molecule has 8 aromatic carbocycles. The zero-order valence-electron chi connectivity index (χ0n) is 69.6. The molecule has 3 aliphatic rings. The molecule has 0 radical (unpaired) electrons. The van der Waals surface area contributed by atoms with E-state index in [9.17, 15) is 47.1 Å². The first-order chi connectivity index (χ1) is 58.9. The lowest BCUT2D eigenvalue weighted by Crippen LogP contribution is -2.36. The molecular weight excluding hydrogens is 1550 g/mol. The summed E-state index contributed by atoms with van der Waals surface area (Å²) in [4.78, 5) is 113. The number of anilines is 4. The number of unbranched alkanes of at least 4 members (excludes halogenated alkanes) is 3. The largest absolute Gasteiger partial charge is 0.497 e. The number of para-hydroxylation sites is 2. The van der Waals surface area contributed by atoms with Gasteiger partial charge in [0.15, 0.2) is 46.1 Å². The van der Waals surface area contributed by atoms with Crippen molar-refractivity contribution < 1.29 is 89.8 Å². The van der Waals surface area contributed by atoms with Crippen LogP contribution in [0.25, 0.3) is 0 Å². The molecule has 3 aliphatic heterocycles. The summed E-state index contributed by atoms with van der Waals surface area (Å²) in [6.07, 6.45) is 11.2. The molecule has 1 aromatic heterocycles. The Labute approximate surface area is 705 Å². The number of benzene rings is 8. The third-order valence-electron chi connectivity index (χ3n) is 20.3. The van der Waals surface area contributed by atoms with Crippen LogP contribution in [0.4, 0.5) is 31.5 Å². The molecular formula is C94H108F2N8O17. The SMILES string of the molecule is COc1cc(NC(=O)c2ccccc2F)c(C(=O)CCCCc2ccccc2)cc1OC.COc1cc(NC(=O)c2cccnc2)c(C(=O)CCCCN2CCOCC2)cc1OC.COc1ccc(C(=O)Nc2ccccc2C(=O)CCCCN2CCOCC2)cc1.COc1cccc(C(=O)CCCN2CCOCC2)c1NC(=O)c1ccccc1F. The second kappa shape index (κ2) is 50.1. The van der Waals surface area contributed by atoms with Gasteiger partial charge in [-0.3, -0.25) is 58.0 Å². The van der Waals surface area contributed by atoms with Crippen LogP contribution < -0.4 is 49.7 Å². The number of morpholine rings is 3. The van der Waals surface area contributed by atoms with Gasteiger partial charge in [0.1, 0.15) is 23.1 Å². The van der Waals surface area contributed by atoms with E-state index in [4.69, 9.17) is 42.6 Å². The van der Waals surface area contributed by atoms with Gasteiger partial charge in [-0.2, -0.15) is 0 Å². The number of nitrogens with zero attached hydrogens (tertiary/aromatic N) is 4. The fourth-order valence-electron chi connectivity index (χ4n) is 13.6. The molecule has 27 heteroatoms. The second-order valence-electron chi connectivity index (χ2n) is 28.4. The van der Waals surface area contributed by atoms with E-state index in [0.717, 1.165) is 137 Å². The van der Waals surface area contributed by atoms with Crippen molar-refractivity contribution in [3.05, 3.63) is 256 Å². The highest BCUT2D eigenvalue weighted by atomic mass is 19.1. The van der Waals surface area contributed by atoms with E-state index in [1.54, 1.807) is 110 Å². The number of carbonyl (C=O) groups excluding carboxylic acids is 8. The minimum absolute atomic E-state index is 0.0515. The third-order valence-corrected chi connectivity index (χ3v) is 20.3. The molecule has 4 N–H and O–H groups in total. The van der Waals surface area contributed by atoms with Gasteiger partial charge in [-0.15, -0.1) is 0 Å². The zero-order chi connectivity index (χ0) is 86.1. The van der Waals surface area contributed by atoms with Crippen LogP contribution in [0.3, 0.4) is 0 Å². The lowest BCUT2D eigenvalue weighted by molar-refractivity contribution is 0.0370. The number of pyridine rings is 1. The predicted molar refractivity (Wildman–Crippen MR) is 460 cm³/mol. The molecule has 640 valence electrons. The summed E-state index contributed by atoms with van der Waals surface area (Å²) in [6, 6.07) is 50.2. The van der Waals surface area contributed by atoms with Crippen molar-refractivity contribution in [1.82, 2.24) is 19.7 Å². The summed E-state index contributed by atoms with van der Waals surface area (Å²) in [6.45, 7) is 12.9. The number of amides is 4. The molecule has 3 fully saturated rings. The monoisotopic (exact) mass is 1660 g/mol. The van der Waals surface area contributed by atoms with Gasteiger partial charge < -0.3 is 63.9 Å². The fraction of sp³-hybridized carbons (Fsp3) is 0.351. The van der Waals surface area contributed by atoms with E-state index in [1.807, 2.05) is 30.3 Å². The van der Waals surface area contributed by atoms with Crippen LogP contribution in [0.5, 0.6) is 34.5 Å². The van der Waals surface area contributed by atoms with E-state index in [0.29, 0.717) is 118 Å². The van der Waals surface area contributed by atoms with Crippen LogP contribution in [0.1, 0.15) is 159 Å². The number of methoxy groups -OCH3 is 6. The molecule has 0 saturated carbocycles. The Bertz CT molecular complexity index is 4850. The number of halogens is 2. The van der Waals surface area contributed by atoms with E-state index >= 15 is 0 Å². The highest BCUT2D eigenvalue weighted by molar-refractivity contribution is 6.13. The summed E-state index contributed by atoms with van der Waals surface area (Å²) in [5, 5.41) is 11.0. The van der Waals surface area contributed by atoms with Crippen molar-refractivity contribution in [2.45, 2.75) is 77.0 Å². The second-order valence-corrected chi connectivity index (χ2v) is 28.4. The molecule has 3 saturated heterocycles. The van der Waals surface area contributed by atoms with Crippen molar-refractivity contribution in [1.29, 1.82) is 0 Å². The number of nitrogens with one attached hydrogen (secondary N) is 4. The normalized spacial score (nSPS) is 13.3. The van der Waals surface area contributed by atoms with Crippen LogP contribution in [0.15, 0.2) is 194 Å². The molecule has 0 bridgehead atoms. The smallest absolute Gasteiger partial charge is 0.258 e. The Morgan fingerprint density at radius 2 is 0.752 bits per heavy atom. The molecule has 0 atom stereocenters. The average Bonchev–Trinajstić information content (AvgIpc) is 0.906. The van der Waals surface area contributed by atoms with Crippen LogP contribution >= 0.6 is 0 Å². The number of rotatable bonds is 37. The van der Waals surface area contributed by atoms with Gasteiger partial charge in [0.2, 0.25) is 0 Å². The number of hydrogen-bond donors (Lipinski definition) is 4. The van der Waals surface area contributed by atoms with Gasteiger partial charge in [-0.05, 0) is 174 Å². The van der Waals surface area contributed by atoms with Gasteiger partial charge in [0.25, 0.3) is 23.6 Å². The number of aromatic nitrogens is 1. The average molecular weight is 1660 g/mol. The third kappa shape index (κ3) is 29.1. The molecule has 4 amide bonds. The summed E-state index contributed by atoms with van der Waals surface area (Å²) < 4.78 is 75.8. The van der Waals surface area contributed by atoms with E-state index in [2.05, 4.69) is 53.1 Å². The van der Waals surface area contributed by atoms with Crippen LogP contribution in [0.2, 0.25) is 0 Å². The number of aryl methyl sites for hydroxylation is 1. The summed E-state index contributed by atoms with van der Waals surface area (Å²) in [5.74, 6) is -0.705. The Morgan fingerprint density at radius 1 is 0.347 bits per heavy atom. The van der Waals surface area contributed by atoms with Crippen LogP contribution in [0, 0.1) is 11.6 Å². The lowest BCUT2D eigenvalue weighted by atomic mass is 10.0.